The lowest BCUT2D eigenvalue weighted by Gasteiger charge is -2.28. The van der Waals surface area contributed by atoms with E-state index in [0.29, 0.717) is 11.4 Å². The molecule has 0 aliphatic heterocycles. The van der Waals surface area contributed by atoms with Gasteiger partial charge in [0.2, 0.25) is 15.9 Å². The summed E-state index contributed by atoms with van der Waals surface area (Å²) in [5.41, 5.74) is 0.261. The molecule has 0 radical (unpaired) electrons. The third kappa shape index (κ3) is 4.48. The Bertz CT molecular complexity index is 870. The first-order chi connectivity index (χ1) is 11.7. The highest BCUT2D eigenvalue weighted by Gasteiger charge is 2.30. The van der Waals surface area contributed by atoms with Crippen molar-refractivity contribution in [1.82, 2.24) is 0 Å². The van der Waals surface area contributed by atoms with Crippen LogP contribution in [0.4, 0.5) is 15.8 Å². The highest BCUT2D eigenvalue weighted by Crippen LogP contribution is 2.25. The number of sulfonamides is 1. The van der Waals surface area contributed by atoms with Crippen LogP contribution in [0, 0.1) is 5.82 Å². The van der Waals surface area contributed by atoms with Gasteiger partial charge in [-0.05, 0) is 31.2 Å². The molecule has 0 aromatic heterocycles. The monoisotopic (exact) mass is 366 g/mol. The molecule has 134 valence electrons. The number of para-hydroxylation sites is 1. The van der Waals surface area contributed by atoms with Crippen LogP contribution in [0.2, 0.25) is 0 Å². The maximum absolute atomic E-state index is 14.1. The number of methoxy groups -OCH3 is 1. The molecule has 2 aromatic carbocycles. The van der Waals surface area contributed by atoms with Gasteiger partial charge in [-0.2, -0.15) is 0 Å². The molecule has 0 fully saturated rings. The number of nitrogens with zero attached hydrogens (tertiary/aromatic N) is 1. The van der Waals surface area contributed by atoms with Gasteiger partial charge < -0.3 is 10.1 Å². The smallest absolute Gasteiger partial charge is 0.247 e. The van der Waals surface area contributed by atoms with E-state index in [4.69, 9.17) is 4.74 Å². The molecule has 0 saturated carbocycles. The summed E-state index contributed by atoms with van der Waals surface area (Å²) in [4.78, 5) is 12.5. The van der Waals surface area contributed by atoms with E-state index in [1.807, 2.05) is 0 Å². The van der Waals surface area contributed by atoms with Crippen molar-refractivity contribution >= 4 is 27.3 Å². The standard InChI is InChI=1S/C17H19FN2O4S/c1-12(17(21)19-13-7-6-8-14(11-13)24-2)20(25(3,22)23)16-10-5-4-9-15(16)18/h4-12H,1-3H3,(H,19,21)/t12-/m1/s1. The molecule has 0 aliphatic carbocycles. The second-order valence-corrected chi connectivity index (χ2v) is 7.27. The fourth-order valence-electron chi connectivity index (χ4n) is 2.36. The Hall–Kier alpha value is -2.61. The number of halogens is 1. The molecule has 25 heavy (non-hydrogen) atoms. The third-order valence-corrected chi connectivity index (χ3v) is 4.74. The van der Waals surface area contributed by atoms with E-state index in [0.717, 1.165) is 16.6 Å². The SMILES string of the molecule is COc1cccc(NC(=O)[C@@H](C)N(c2ccccc2F)S(C)(=O)=O)c1. The minimum Gasteiger partial charge on any atom is -0.497 e. The van der Waals surface area contributed by atoms with Crippen LogP contribution in [-0.2, 0) is 14.8 Å². The highest BCUT2D eigenvalue weighted by atomic mass is 32.2. The van der Waals surface area contributed by atoms with E-state index in [-0.39, 0.29) is 5.69 Å². The van der Waals surface area contributed by atoms with Crippen LogP contribution in [0.15, 0.2) is 48.5 Å². The molecule has 2 rings (SSSR count). The van der Waals surface area contributed by atoms with E-state index in [9.17, 15) is 17.6 Å². The molecule has 0 heterocycles. The minimum absolute atomic E-state index is 0.182. The van der Waals surface area contributed by atoms with Crippen LogP contribution in [0.3, 0.4) is 0 Å². The van der Waals surface area contributed by atoms with Gasteiger partial charge in [0.05, 0.1) is 19.1 Å². The second-order valence-electron chi connectivity index (χ2n) is 5.41. The molecule has 1 atom stereocenters. The third-order valence-electron chi connectivity index (χ3n) is 3.52. The molecular weight excluding hydrogens is 347 g/mol. The number of ether oxygens (including phenoxy) is 1. The zero-order valence-electron chi connectivity index (χ0n) is 14.1. The Morgan fingerprint density at radius 3 is 2.48 bits per heavy atom. The Balaban J connectivity index is 2.32. The van der Waals surface area contributed by atoms with E-state index in [1.54, 1.807) is 24.3 Å². The molecule has 1 N–H and O–H groups in total. The summed E-state index contributed by atoms with van der Waals surface area (Å²) >= 11 is 0. The van der Waals surface area contributed by atoms with Crippen molar-refractivity contribution in [2.24, 2.45) is 0 Å². The van der Waals surface area contributed by atoms with Crippen LogP contribution in [0.25, 0.3) is 0 Å². The van der Waals surface area contributed by atoms with Gasteiger partial charge in [-0.25, -0.2) is 12.8 Å². The molecular formula is C17H19FN2O4S. The van der Waals surface area contributed by atoms with Gasteiger partial charge in [-0.15, -0.1) is 0 Å². The quantitative estimate of drug-likeness (QED) is 0.853. The Morgan fingerprint density at radius 2 is 1.88 bits per heavy atom. The molecule has 0 aliphatic rings. The molecule has 8 heteroatoms. The predicted molar refractivity (Wildman–Crippen MR) is 94.8 cm³/mol. The number of amides is 1. The van der Waals surface area contributed by atoms with Crippen molar-refractivity contribution in [2.75, 3.05) is 23.0 Å². The lowest BCUT2D eigenvalue weighted by atomic mass is 10.2. The van der Waals surface area contributed by atoms with Crippen LogP contribution in [0.1, 0.15) is 6.92 Å². The topological polar surface area (TPSA) is 75.7 Å². The van der Waals surface area contributed by atoms with Crippen molar-refractivity contribution in [3.63, 3.8) is 0 Å². The summed E-state index contributed by atoms with van der Waals surface area (Å²) in [5, 5.41) is 2.61. The maximum Gasteiger partial charge on any atom is 0.247 e. The number of benzene rings is 2. The van der Waals surface area contributed by atoms with Crippen molar-refractivity contribution in [2.45, 2.75) is 13.0 Å². The lowest BCUT2D eigenvalue weighted by molar-refractivity contribution is -0.116. The first kappa shape index (κ1) is 18.7. The molecule has 0 saturated heterocycles. The zero-order chi connectivity index (χ0) is 18.6. The molecule has 6 nitrogen and oxygen atoms in total. The van der Waals surface area contributed by atoms with E-state index < -0.39 is 27.8 Å². The number of carbonyl (C=O) groups is 1. The first-order valence-electron chi connectivity index (χ1n) is 7.43. The second kappa shape index (κ2) is 7.52. The van der Waals surface area contributed by atoms with E-state index >= 15 is 0 Å². The van der Waals surface area contributed by atoms with Crippen LogP contribution >= 0.6 is 0 Å². The van der Waals surface area contributed by atoms with Gasteiger partial charge in [-0.1, -0.05) is 18.2 Å². The summed E-state index contributed by atoms with van der Waals surface area (Å²) in [6.07, 6.45) is 0.925. The number of nitrogens with one attached hydrogen (secondary N) is 1. The summed E-state index contributed by atoms with van der Waals surface area (Å²) in [7, 11) is -2.39. The largest absolute Gasteiger partial charge is 0.497 e. The van der Waals surface area contributed by atoms with Crippen molar-refractivity contribution < 1.29 is 22.3 Å². The molecule has 0 spiro atoms. The van der Waals surface area contributed by atoms with Gasteiger partial charge in [0, 0.05) is 11.8 Å². The van der Waals surface area contributed by atoms with Crippen molar-refractivity contribution in [3.8, 4) is 5.75 Å². The number of hydrogen-bond donors (Lipinski definition) is 1. The average molecular weight is 366 g/mol. The number of carbonyl (C=O) groups excluding carboxylic acids is 1. The fourth-order valence-corrected chi connectivity index (χ4v) is 3.53. The Morgan fingerprint density at radius 1 is 1.20 bits per heavy atom. The highest BCUT2D eigenvalue weighted by molar-refractivity contribution is 7.92. The van der Waals surface area contributed by atoms with Crippen LogP contribution < -0.4 is 14.4 Å². The van der Waals surface area contributed by atoms with Crippen LogP contribution in [-0.4, -0.2) is 33.7 Å². The molecule has 0 bridgehead atoms. The molecule has 2 aromatic rings. The summed E-state index contributed by atoms with van der Waals surface area (Å²) in [6, 6.07) is 10.9. The van der Waals surface area contributed by atoms with Gasteiger partial charge in [-0.3, -0.25) is 9.10 Å². The average Bonchev–Trinajstić information content (AvgIpc) is 2.55. The summed E-state index contributed by atoms with van der Waals surface area (Å²) in [6.45, 7) is 1.39. The number of hydrogen-bond acceptors (Lipinski definition) is 4. The zero-order valence-corrected chi connectivity index (χ0v) is 14.9. The van der Waals surface area contributed by atoms with E-state index in [1.165, 1.54) is 32.2 Å². The summed E-state index contributed by atoms with van der Waals surface area (Å²) in [5.74, 6) is -0.782. The fraction of sp³-hybridized carbons (Fsp3) is 0.235. The number of rotatable bonds is 6. The van der Waals surface area contributed by atoms with Crippen molar-refractivity contribution in [3.05, 3.63) is 54.3 Å². The van der Waals surface area contributed by atoms with Crippen molar-refractivity contribution in [1.29, 1.82) is 0 Å². The predicted octanol–water partition coefficient (Wildman–Crippen LogP) is 2.63. The van der Waals surface area contributed by atoms with Gasteiger partial charge in [0.1, 0.15) is 17.6 Å². The maximum atomic E-state index is 14.1. The van der Waals surface area contributed by atoms with Gasteiger partial charge >= 0.3 is 0 Å². The molecule has 0 unspecified atom stereocenters. The van der Waals surface area contributed by atoms with Gasteiger partial charge in [0.25, 0.3) is 0 Å². The normalized spacial score (nSPS) is 12.3. The Kier molecular flexibility index (Phi) is 5.63. The van der Waals surface area contributed by atoms with Gasteiger partial charge in [0.15, 0.2) is 0 Å². The van der Waals surface area contributed by atoms with Crippen LogP contribution in [0.5, 0.6) is 5.75 Å². The number of anilines is 2. The first-order valence-corrected chi connectivity index (χ1v) is 9.27. The minimum atomic E-state index is -3.88. The Labute approximate surface area is 146 Å². The summed E-state index contributed by atoms with van der Waals surface area (Å²) < 4.78 is 44.2. The molecule has 1 amide bonds. The lowest BCUT2D eigenvalue weighted by Crippen LogP contribution is -2.45. The van der Waals surface area contributed by atoms with E-state index in [2.05, 4.69) is 5.32 Å².